The molecule has 0 saturated heterocycles. The summed E-state index contributed by atoms with van der Waals surface area (Å²) >= 11 is 0. The minimum Gasteiger partial charge on any atom is -0.256 e. The lowest BCUT2D eigenvalue weighted by atomic mass is 9.82. The van der Waals surface area contributed by atoms with Crippen LogP contribution in [0.5, 0.6) is 0 Å². The normalized spacial score (nSPS) is 14.5. The van der Waals surface area contributed by atoms with Crippen LogP contribution in [0.3, 0.4) is 0 Å². The van der Waals surface area contributed by atoms with Crippen LogP contribution in [0.1, 0.15) is 25.0 Å². The van der Waals surface area contributed by atoms with E-state index in [9.17, 15) is 4.39 Å². The number of pyridine rings is 1. The average molecular weight is 289 g/mol. The smallest absolute Gasteiger partial charge is 0.123 e. The fraction of sp³-hybridized carbons (Fsp3) is 0.150. The third-order valence-corrected chi connectivity index (χ3v) is 4.60. The Labute approximate surface area is 129 Å². The van der Waals surface area contributed by atoms with Gasteiger partial charge in [-0.05, 0) is 52.6 Å². The number of fused-ring (bicyclic) bond motifs is 3. The van der Waals surface area contributed by atoms with Crippen molar-refractivity contribution in [1.29, 1.82) is 0 Å². The molecule has 1 aliphatic carbocycles. The van der Waals surface area contributed by atoms with E-state index >= 15 is 0 Å². The van der Waals surface area contributed by atoms with Crippen molar-refractivity contribution < 1.29 is 4.39 Å². The molecular weight excluding hydrogens is 273 g/mol. The van der Waals surface area contributed by atoms with Crippen molar-refractivity contribution in [2.45, 2.75) is 19.3 Å². The van der Waals surface area contributed by atoms with Gasteiger partial charge in [0.2, 0.25) is 0 Å². The third-order valence-electron chi connectivity index (χ3n) is 4.60. The summed E-state index contributed by atoms with van der Waals surface area (Å²) in [4.78, 5) is 4.42. The Kier molecular flexibility index (Phi) is 2.70. The fourth-order valence-corrected chi connectivity index (χ4v) is 3.42. The molecule has 0 bridgehead atoms. The molecule has 0 saturated carbocycles. The molecule has 22 heavy (non-hydrogen) atoms. The molecule has 0 fully saturated rings. The molecule has 108 valence electrons. The highest BCUT2D eigenvalue weighted by molar-refractivity contribution is 5.83. The van der Waals surface area contributed by atoms with Crippen molar-refractivity contribution >= 4 is 0 Å². The summed E-state index contributed by atoms with van der Waals surface area (Å²) in [6, 6.07) is 17.4. The molecule has 3 aromatic rings. The fourth-order valence-electron chi connectivity index (χ4n) is 3.42. The Morgan fingerprint density at radius 3 is 2.50 bits per heavy atom. The SMILES string of the molecule is CC1(C)c2ccc(-c3ccccn3)cc2-c2ccc(F)cc21. The maximum Gasteiger partial charge on any atom is 0.123 e. The standard InChI is InChI=1S/C20H16FN/c1-20(2)17-9-6-13(19-5-3-4-10-22-19)11-16(17)15-8-7-14(21)12-18(15)20/h3-12H,1-2H3. The Morgan fingerprint density at radius 1 is 0.864 bits per heavy atom. The van der Waals surface area contributed by atoms with Gasteiger partial charge in [-0.1, -0.05) is 38.1 Å². The molecule has 0 unspecified atom stereocenters. The van der Waals surface area contributed by atoms with Crippen molar-refractivity contribution in [2.24, 2.45) is 0 Å². The maximum absolute atomic E-state index is 13.7. The number of halogens is 1. The molecule has 0 atom stereocenters. The molecule has 0 radical (unpaired) electrons. The molecule has 1 nitrogen and oxygen atoms in total. The van der Waals surface area contributed by atoms with Crippen LogP contribution in [0.2, 0.25) is 0 Å². The quantitative estimate of drug-likeness (QED) is 0.600. The van der Waals surface area contributed by atoms with E-state index in [4.69, 9.17) is 0 Å². The highest BCUT2D eigenvalue weighted by Gasteiger charge is 2.35. The van der Waals surface area contributed by atoms with Gasteiger partial charge in [0, 0.05) is 17.2 Å². The topological polar surface area (TPSA) is 12.9 Å². The van der Waals surface area contributed by atoms with Crippen LogP contribution in [-0.2, 0) is 5.41 Å². The molecule has 4 rings (SSSR count). The van der Waals surface area contributed by atoms with Crippen LogP contribution < -0.4 is 0 Å². The molecular formula is C20H16FN. The molecule has 0 aliphatic heterocycles. The van der Waals surface area contributed by atoms with Gasteiger partial charge in [0.05, 0.1) is 5.69 Å². The van der Waals surface area contributed by atoms with Crippen LogP contribution in [0, 0.1) is 5.82 Å². The summed E-state index contributed by atoms with van der Waals surface area (Å²) in [5.74, 6) is -0.176. The van der Waals surface area contributed by atoms with Gasteiger partial charge < -0.3 is 0 Å². The zero-order valence-electron chi connectivity index (χ0n) is 12.6. The van der Waals surface area contributed by atoms with Crippen molar-refractivity contribution in [3.8, 4) is 22.4 Å². The van der Waals surface area contributed by atoms with E-state index in [1.807, 2.05) is 24.3 Å². The molecule has 1 heterocycles. The summed E-state index contributed by atoms with van der Waals surface area (Å²) in [7, 11) is 0. The molecule has 2 heteroatoms. The second-order valence-electron chi connectivity index (χ2n) is 6.29. The molecule has 0 spiro atoms. The van der Waals surface area contributed by atoms with Gasteiger partial charge in [-0.2, -0.15) is 0 Å². The zero-order valence-corrected chi connectivity index (χ0v) is 12.6. The lowest BCUT2D eigenvalue weighted by molar-refractivity contribution is 0.609. The van der Waals surface area contributed by atoms with Crippen molar-refractivity contribution in [2.75, 3.05) is 0 Å². The molecule has 0 N–H and O–H groups in total. The molecule has 1 aliphatic rings. The summed E-state index contributed by atoms with van der Waals surface area (Å²) in [5.41, 5.74) is 6.48. The van der Waals surface area contributed by atoms with Crippen LogP contribution in [0.4, 0.5) is 4.39 Å². The second-order valence-corrected chi connectivity index (χ2v) is 6.29. The minimum absolute atomic E-state index is 0.171. The van der Waals surface area contributed by atoms with Crippen LogP contribution in [-0.4, -0.2) is 4.98 Å². The first-order chi connectivity index (χ1) is 10.6. The lowest BCUT2D eigenvalue weighted by Gasteiger charge is -2.21. The van der Waals surface area contributed by atoms with Gasteiger partial charge in [-0.3, -0.25) is 4.98 Å². The van der Waals surface area contributed by atoms with E-state index < -0.39 is 0 Å². The van der Waals surface area contributed by atoms with E-state index in [-0.39, 0.29) is 11.2 Å². The van der Waals surface area contributed by atoms with E-state index in [1.165, 1.54) is 17.2 Å². The summed E-state index contributed by atoms with van der Waals surface area (Å²) in [6.07, 6.45) is 1.80. The van der Waals surface area contributed by atoms with E-state index in [2.05, 4.69) is 37.0 Å². The Hall–Kier alpha value is -2.48. The first-order valence-electron chi connectivity index (χ1n) is 7.44. The van der Waals surface area contributed by atoms with E-state index in [0.29, 0.717) is 0 Å². The number of aromatic nitrogens is 1. The summed E-state index contributed by atoms with van der Waals surface area (Å²) in [6.45, 7) is 4.30. The van der Waals surface area contributed by atoms with Gasteiger partial charge in [-0.15, -0.1) is 0 Å². The Morgan fingerprint density at radius 2 is 1.73 bits per heavy atom. The van der Waals surface area contributed by atoms with Crippen molar-refractivity contribution in [3.05, 3.63) is 77.7 Å². The van der Waals surface area contributed by atoms with Crippen molar-refractivity contribution in [3.63, 3.8) is 0 Å². The highest BCUT2D eigenvalue weighted by Crippen LogP contribution is 2.49. The molecule has 0 amide bonds. The molecule has 2 aromatic carbocycles. The van der Waals surface area contributed by atoms with Crippen LogP contribution in [0.15, 0.2) is 60.8 Å². The van der Waals surface area contributed by atoms with E-state index in [0.717, 1.165) is 22.4 Å². The third kappa shape index (κ3) is 1.80. The predicted molar refractivity (Wildman–Crippen MR) is 87.2 cm³/mol. The number of rotatable bonds is 1. The average Bonchev–Trinajstić information content (AvgIpc) is 2.76. The molecule has 1 aromatic heterocycles. The minimum atomic E-state index is -0.176. The van der Waals surface area contributed by atoms with Gasteiger partial charge in [0.1, 0.15) is 5.82 Å². The monoisotopic (exact) mass is 289 g/mol. The number of benzene rings is 2. The largest absolute Gasteiger partial charge is 0.256 e. The summed E-state index contributed by atoms with van der Waals surface area (Å²) in [5, 5.41) is 0. The zero-order chi connectivity index (χ0) is 15.3. The van der Waals surface area contributed by atoms with Crippen LogP contribution >= 0.6 is 0 Å². The first kappa shape index (κ1) is 13.2. The second kappa shape index (κ2) is 4.51. The number of hydrogen-bond donors (Lipinski definition) is 0. The van der Waals surface area contributed by atoms with E-state index in [1.54, 1.807) is 12.3 Å². The van der Waals surface area contributed by atoms with Crippen LogP contribution in [0.25, 0.3) is 22.4 Å². The number of hydrogen-bond acceptors (Lipinski definition) is 1. The highest BCUT2D eigenvalue weighted by atomic mass is 19.1. The Balaban J connectivity index is 1.96. The lowest BCUT2D eigenvalue weighted by Crippen LogP contribution is -2.15. The van der Waals surface area contributed by atoms with Crippen molar-refractivity contribution in [1.82, 2.24) is 4.98 Å². The van der Waals surface area contributed by atoms with Gasteiger partial charge in [0.15, 0.2) is 0 Å². The summed E-state index contributed by atoms with van der Waals surface area (Å²) < 4.78 is 13.7. The number of nitrogens with zero attached hydrogens (tertiary/aromatic N) is 1. The van der Waals surface area contributed by atoms with Gasteiger partial charge in [-0.25, -0.2) is 4.39 Å². The van der Waals surface area contributed by atoms with Gasteiger partial charge in [0.25, 0.3) is 0 Å². The Bertz CT molecular complexity index is 866. The maximum atomic E-state index is 13.7. The van der Waals surface area contributed by atoms with Gasteiger partial charge >= 0.3 is 0 Å². The predicted octanol–water partition coefficient (Wildman–Crippen LogP) is 5.19. The first-order valence-corrected chi connectivity index (χ1v) is 7.44.